The number of hydrogen-bond donors (Lipinski definition) is 2. The van der Waals surface area contributed by atoms with Gasteiger partial charge in [0.15, 0.2) is 6.10 Å². The molecule has 1 unspecified atom stereocenters. The molecule has 0 aromatic heterocycles. The lowest BCUT2D eigenvalue weighted by Crippen LogP contribution is -2.51. The van der Waals surface area contributed by atoms with Crippen LogP contribution in [0.4, 0.5) is 4.79 Å². The zero-order valence-corrected chi connectivity index (χ0v) is 23.3. The number of hydrogen-bond acceptors (Lipinski definition) is 8. The van der Waals surface area contributed by atoms with Gasteiger partial charge in [0.1, 0.15) is 5.75 Å². The second-order valence-electron chi connectivity index (χ2n) is 9.09. The molecule has 10 nitrogen and oxygen atoms in total. The first kappa shape index (κ1) is 31.1. The summed E-state index contributed by atoms with van der Waals surface area (Å²) in [5.41, 5.74) is 0.807. The Hall–Kier alpha value is -3.15. The van der Waals surface area contributed by atoms with Gasteiger partial charge in [0, 0.05) is 19.2 Å². The van der Waals surface area contributed by atoms with Gasteiger partial charge in [0.2, 0.25) is 10.0 Å². The molecule has 0 fully saturated rings. The van der Waals surface area contributed by atoms with Crippen LogP contribution < -0.4 is 10.1 Å². The van der Waals surface area contributed by atoms with Crippen molar-refractivity contribution in [2.24, 2.45) is 5.92 Å². The molecular formula is C27H38N2O8S. The number of benzene rings is 2. The Labute approximate surface area is 224 Å². The molecule has 0 saturated carbocycles. The van der Waals surface area contributed by atoms with Crippen LogP contribution in [0.1, 0.15) is 32.8 Å². The molecule has 2 aromatic carbocycles. The van der Waals surface area contributed by atoms with E-state index in [1.807, 2.05) is 44.2 Å². The SMILES string of the molecule is CC[C@@H](C)CN(C[C@@H](O)C(Cc1ccccc1)NC(=O)O[C@@H](C)C(=O)OC)S(=O)(=O)c1cccc(OC)c1. The lowest BCUT2D eigenvalue weighted by Gasteiger charge is -2.31. The van der Waals surface area contributed by atoms with Crippen molar-refractivity contribution in [3.8, 4) is 5.75 Å². The van der Waals surface area contributed by atoms with Crippen molar-refractivity contribution in [2.45, 2.75) is 56.8 Å². The number of sulfonamides is 1. The first-order valence-corrected chi connectivity index (χ1v) is 13.9. The highest BCUT2D eigenvalue weighted by Crippen LogP contribution is 2.23. The van der Waals surface area contributed by atoms with Crippen LogP contribution in [0.25, 0.3) is 0 Å². The molecule has 0 aliphatic heterocycles. The van der Waals surface area contributed by atoms with Crippen molar-refractivity contribution < 1.29 is 37.3 Å². The van der Waals surface area contributed by atoms with Gasteiger partial charge < -0.3 is 24.6 Å². The Morgan fingerprint density at radius 2 is 1.71 bits per heavy atom. The molecule has 0 saturated heterocycles. The van der Waals surface area contributed by atoms with Crippen molar-refractivity contribution in [1.29, 1.82) is 0 Å². The number of nitrogens with zero attached hydrogens (tertiary/aromatic N) is 1. The molecule has 0 aliphatic rings. The Morgan fingerprint density at radius 1 is 1.03 bits per heavy atom. The minimum absolute atomic E-state index is 0.00832. The predicted molar refractivity (Wildman–Crippen MR) is 142 cm³/mol. The van der Waals surface area contributed by atoms with Crippen LogP contribution in [0.2, 0.25) is 0 Å². The first-order valence-electron chi connectivity index (χ1n) is 12.4. The van der Waals surface area contributed by atoms with Crippen LogP contribution in [0.5, 0.6) is 5.75 Å². The molecule has 0 spiro atoms. The summed E-state index contributed by atoms with van der Waals surface area (Å²) in [5.74, 6) is -0.334. The van der Waals surface area contributed by atoms with E-state index in [-0.39, 0.29) is 30.3 Å². The van der Waals surface area contributed by atoms with Crippen LogP contribution in [-0.2, 0) is 30.7 Å². The molecule has 1 amide bonds. The van der Waals surface area contributed by atoms with Gasteiger partial charge in [-0.15, -0.1) is 0 Å². The Balaban J connectivity index is 2.34. The molecule has 0 radical (unpaired) electrons. The van der Waals surface area contributed by atoms with Gasteiger partial charge in [-0.3, -0.25) is 0 Å². The highest BCUT2D eigenvalue weighted by molar-refractivity contribution is 7.89. The number of methoxy groups -OCH3 is 2. The third-order valence-electron chi connectivity index (χ3n) is 6.16. The highest BCUT2D eigenvalue weighted by Gasteiger charge is 2.32. The zero-order valence-electron chi connectivity index (χ0n) is 22.5. The lowest BCUT2D eigenvalue weighted by atomic mass is 10.0. The lowest BCUT2D eigenvalue weighted by molar-refractivity contribution is -0.149. The maximum Gasteiger partial charge on any atom is 0.408 e. The smallest absolute Gasteiger partial charge is 0.408 e. The first-order chi connectivity index (χ1) is 18.0. The Bertz CT molecular complexity index is 1140. The van der Waals surface area contributed by atoms with E-state index >= 15 is 0 Å². The standard InChI is InChI=1S/C27H38N2O8S/c1-6-19(2)17-29(38(33,34)23-14-10-13-22(16-23)35-4)18-25(30)24(15-21-11-8-7-9-12-21)28-27(32)37-20(3)26(31)36-5/h7-14,16,19-20,24-25,30H,6,15,17-18H2,1-5H3,(H,28,32)/t19-,20+,24?,25-/m1/s1. The van der Waals surface area contributed by atoms with Gasteiger partial charge >= 0.3 is 12.1 Å². The van der Waals surface area contributed by atoms with Gasteiger partial charge in [-0.05, 0) is 37.0 Å². The number of carbonyl (C=O) groups excluding carboxylic acids is 2. The number of aliphatic hydroxyl groups excluding tert-OH is 1. The third-order valence-corrected chi connectivity index (χ3v) is 7.99. The quantitative estimate of drug-likeness (QED) is 0.343. The van der Waals surface area contributed by atoms with Crippen LogP contribution >= 0.6 is 0 Å². The molecule has 4 atom stereocenters. The molecule has 11 heteroatoms. The van der Waals surface area contributed by atoms with E-state index in [9.17, 15) is 23.1 Å². The average Bonchev–Trinajstić information content (AvgIpc) is 2.92. The summed E-state index contributed by atoms with van der Waals surface area (Å²) < 4.78 is 43.4. The van der Waals surface area contributed by atoms with Crippen LogP contribution in [0.15, 0.2) is 59.5 Å². The van der Waals surface area contributed by atoms with Crippen LogP contribution in [-0.4, -0.2) is 75.5 Å². The van der Waals surface area contributed by atoms with E-state index in [1.54, 1.807) is 12.1 Å². The van der Waals surface area contributed by atoms with Gasteiger partial charge in [0.05, 0.1) is 31.3 Å². The highest BCUT2D eigenvalue weighted by atomic mass is 32.2. The number of alkyl carbamates (subject to hydrolysis) is 1. The van der Waals surface area contributed by atoms with Crippen LogP contribution in [0, 0.1) is 5.92 Å². The summed E-state index contributed by atoms with van der Waals surface area (Å²) >= 11 is 0. The van der Waals surface area contributed by atoms with Crippen molar-refractivity contribution in [3.63, 3.8) is 0 Å². The fourth-order valence-electron chi connectivity index (χ4n) is 3.71. The average molecular weight is 551 g/mol. The summed E-state index contributed by atoms with van der Waals surface area (Å²) in [4.78, 5) is 24.3. The summed E-state index contributed by atoms with van der Waals surface area (Å²) in [6.07, 6.45) is -2.48. The van der Waals surface area contributed by atoms with E-state index < -0.39 is 40.3 Å². The van der Waals surface area contributed by atoms with Gasteiger partial charge in [-0.2, -0.15) is 4.31 Å². The number of ether oxygens (including phenoxy) is 3. The van der Waals surface area contributed by atoms with Crippen LogP contribution in [0.3, 0.4) is 0 Å². The monoisotopic (exact) mass is 550 g/mol. The maximum absolute atomic E-state index is 13.6. The van der Waals surface area contributed by atoms with Crippen molar-refractivity contribution in [3.05, 3.63) is 60.2 Å². The maximum atomic E-state index is 13.6. The number of rotatable bonds is 14. The van der Waals surface area contributed by atoms with Gasteiger partial charge in [0.25, 0.3) is 0 Å². The summed E-state index contributed by atoms with van der Waals surface area (Å²) in [5, 5.41) is 13.9. The normalized spacial score (nSPS) is 14.7. The van der Waals surface area contributed by atoms with E-state index in [0.29, 0.717) is 5.75 Å². The third kappa shape index (κ3) is 9.00. The molecule has 0 bridgehead atoms. The van der Waals surface area contributed by atoms with Gasteiger partial charge in [-0.1, -0.05) is 56.7 Å². The fraction of sp³-hybridized carbons (Fsp3) is 0.481. The zero-order chi connectivity index (χ0) is 28.3. The fourth-order valence-corrected chi connectivity index (χ4v) is 5.32. The summed E-state index contributed by atoms with van der Waals surface area (Å²) in [6.45, 7) is 5.12. The van der Waals surface area contributed by atoms with E-state index in [1.165, 1.54) is 37.6 Å². The molecule has 2 N–H and O–H groups in total. The molecule has 210 valence electrons. The Kier molecular flexibility index (Phi) is 12.0. The topological polar surface area (TPSA) is 131 Å². The summed E-state index contributed by atoms with van der Waals surface area (Å²) in [7, 11) is -1.39. The number of carbonyl (C=O) groups is 2. The molecule has 0 aliphatic carbocycles. The number of aliphatic hydroxyl groups is 1. The molecule has 0 heterocycles. The van der Waals surface area contributed by atoms with Crippen molar-refractivity contribution in [2.75, 3.05) is 27.3 Å². The predicted octanol–water partition coefficient (Wildman–Crippen LogP) is 2.99. The van der Waals surface area contributed by atoms with E-state index in [2.05, 4.69) is 10.1 Å². The molecule has 2 rings (SSSR count). The minimum Gasteiger partial charge on any atom is -0.497 e. The number of amides is 1. The number of nitrogens with one attached hydrogen (secondary N) is 1. The second kappa shape index (κ2) is 14.7. The van der Waals surface area contributed by atoms with E-state index in [0.717, 1.165) is 12.0 Å². The molecule has 38 heavy (non-hydrogen) atoms. The molecular weight excluding hydrogens is 512 g/mol. The molecule has 2 aromatic rings. The number of esters is 1. The van der Waals surface area contributed by atoms with E-state index in [4.69, 9.17) is 9.47 Å². The summed E-state index contributed by atoms with van der Waals surface area (Å²) in [6, 6.07) is 14.3. The Morgan fingerprint density at radius 3 is 2.32 bits per heavy atom. The minimum atomic E-state index is -4.01. The largest absolute Gasteiger partial charge is 0.497 e. The second-order valence-corrected chi connectivity index (χ2v) is 11.0. The van der Waals surface area contributed by atoms with Crippen molar-refractivity contribution in [1.82, 2.24) is 9.62 Å². The van der Waals surface area contributed by atoms with Gasteiger partial charge in [-0.25, -0.2) is 18.0 Å². The van der Waals surface area contributed by atoms with Crippen molar-refractivity contribution >= 4 is 22.1 Å².